The molecule has 0 unspecified atom stereocenters. The largest absolute Gasteiger partial charge is 0.374 e. The summed E-state index contributed by atoms with van der Waals surface area (Å²) in [5.41, 5.74) is 1.99. The Labute approximate surface area is 223 Å². The van der Waals surface area contributed by atoms with Gasteiger partial charge in [-0.15, -0.1) is 0 Å². The van der Waals surface area contributed by atoms with Crippen molar-refractivity contribution in [1.82, 2.24) is 4.72 Å². The summed E-state index contributed by atoms with van der Waals surface area (Å²) >= 11 is 0. The first kappa shape index (κ1) is 27.0. The van der Waals surface area contributed by atoms with Crippen molar-refractivity contribution in [1.29, 1.82) is 0 Å². The summed E-state index contributed by atoms with van der Waals surface area (Å²) in [7, 11) is -3.60. The van der Waals surface area contributed by atoms with Gasteiger partial charge in [0.05, 0.1) is 39.3 Å². The number of fused-ring (bicyclic) bond motifs is 2. The van der Waals surface area contributed by atoms with E-state index in [1.54, 1.807) is 0 Å². The predicted molar refractivity (Wildman–Crippen MR) is 141 cm³/mol. The highest BCUT2D eigenvalue weighted by atomic mass is 32.2. The van der Waals surface area contributed by atoms with Crippen molar-refractivity contribution in [2.45, 2.75) is 50.0 Å². The van der Waals surface area contributed by atoms with Crippen molar-refractivity contribution in [3.8, 4) is 0 Å². The molecule has 0 aliphatic carbocycles. The van der Waals surface area contributed by atoms with Crippen LogP contribution in [0.1, 0.15) is 16.7 Å². The first-order valence-electron chi connectivity index (χ1n) is 12.6. The van der Waals surface area contributed by atoms with Gasteiger partial charge in [-0.3, -0.25) is 0 Å². The monoisotopic (exact) mass is 539 g/mol. The zero-order valence-corrected chi connectivity index (χ0v) is 22.1. The molecule has 0 aromatic heterocycles. The molecule has 0 saturated carbocycles. The fourth-order valence-corrected chi connectivity index (χ4v) is 5.64. The molecule has 2 bridgehead atoms. The maximum atomic E-state index is 12.3. The summed E-state index contributed by atoms with van der Waals surface area (Å²) in [6.07, 6.45) is -1.11. The third-order valence-electron chi connectivity index (χ3n) is 6.67. The van der Waals surface area contributed by atoms with Crippen LogP contribution in [0.15, 0.2) is 91.0 Å². The normalized spacial score (nSPS) is 26.9. The number of ether oxygens (including phenoxy) is 5. The molecule has 0 spiro atoms. The minimum absolute atomic E-state index is 0.180. The Hall–Kier alpha value is -2.63. The Morgan fingerprint density at radius 1 is 0.816 bits per heavy atom. The van der Waals surface area contributed by atoms with Gasteiger partial charge in [-0.25, -0.2) is 13.1 Å². The van der Waals surface area contributed by atoms with Gasteiger partial charge >= 0.3 is 0 Å². The Kier molecular flexibility index (Phi) is 8.54. The summed E-state index contributed by atoms with van der Waals surface area (Å²) < 4.78 is 58.8. The van der Waals surface area contributed by atoms with Crippen LogP contribution in [0, 0.1) is 0 Å². The summed E-state index contributed by atoms with van der Waals surface area (Å²) in [4.78, 5) is 0. The van der Waals surface area contributed by atoms with E-state index in [1.807, 2.05) is 91.0 Å². The quantitative estimate of drug-likeness (QED) is 0.377. The maximum absolute atomic E-state index is 12.3. The number of hydrogen-bond donors (Lipinski definition) is 1. The second-order valence-electron chi connectivity index (χ2n) is 9.73. The summed E-state index contributed by atoms with van der Waals surface area (Å²) in [5, 5.41) is 0. The third kappa shape index (κ3) is 6.68. The van der Waals surface area contributed by atoms with Crippen molar-refractivity contribution in [3.05, 3.63) is 108 Å². The van der Waals surface area contributed by atoms with Gasteiger partial charge in [0.2, 0.25) is 10.0 Å². The van der Waals surface area contributed by atoms with Gasteiger partial charge in [0.1, 0.15) is 23.9 Å². The summed E-state index contributed by atoms with van der Waals surface area (Å²) in [5.74, 6) is 0. The molecular weight excluding hydrogens is 506 g/mol. The van der Waals surface area contributed by atoms with Crippen LogP contribution in [0.3, 0.4) is 0 Å². The zero-order valence-electron chi connectivity index (χ0n) is 21.3. The Bertz CT molecular complexity index is 1260. The second kappa shape index (κ2) is 12.0. The van der Waals surface area contributed by atoms with E-state index in [2.05, 4.69) is 4.72 Å². The second-order valence-corrected chi connectivity index (χ2v) is 11.5. The van der Waals surface area contributed by atoms with Gasteiger partial charge in [0, 0.05) is 0 Å². The van der Waals surface area contributed by atoms with Gasteiger partial charge in [-0.2, -0.15) is 0 Å². The van der Waals surface area contributed by atoms with E-state index in [0.29, 0.717) is 6.61 Å². The van der Waals surface area contributed by atoms with Crippen molar-refractivity contribution < 1.29 is 32.1 Å². The topological polar surface area (TPSA) is 92.3 Å². The smallest absolute Gasteiger partial charge is 0.209 e. The molecule has 2 fully saturated rings. The Morgan fingerprint density at radius 2 is 1.34 bits per heavy atom. The number of sulfonamides is 1. The van der Waals surface area contributed by atoms with Gasteiger partial charge in [-0.05, 0) is 16.7 Å². The lowest BCUT2D eigenvalue weighted by molar-refractivity contribution is -0.262. The standard InChI is InChI=1S/C29H33NO7S/c1-38(31,32)30-25-26(34-18-23-13-7-3-8-14-23)27(35-19-24-15-9-4-10-16-24)29(21-36-28(25)37-29)20-33-17-22-11-5-2-6-12-22/h2-16,25-28,30H,17-21H2,1H3/t25-,26-,27-,28+,29+/m1/s1. The lowest BCUT2D eigenvalue weighted by atomic mass is 9.88. The molecule has 8 nitrogen and oxygen atoms in total. The lowest BCUT2D eigenvalue weighted by Gasteiger charge is -2.46. The highest BCUT2D eigenvalue weighted by molar-refractivity contribution is 7.88. The summed E-state index contributed by atoms with van der Waals surface area (Å²) in [6.45, 7) is 1.32. The molecule has 5 atom stereocenters. The van der Waals surface area contributed by atoms with E-state index in [0.717, 1.165) is 22.9 Å². The molecule has 2 aliphatic rings. The van der Waals surface area contributed by atoms with E-state index in [-0.39, 0.29) is 26.4 Å². The van der Waals surface area contributed by atoms with E-state index < -0.39 is 40.2 Å². The number of rotatable bonds is 12. The zero-order chi connectivity index (χ0) is 26.4. The Balaban J connectivity index is 1.42. The van der Waals surface area contributed by atoms with Crippen LogP contribution in [0.4, 0.5) is 0 Å². The molecule has 3 aromatic carbocycles. The minimum Gasteiger partial charge on any atom is -0.374 e. The van der Waals surface area contributed by atoms with E-state index >= 15 is 0 Å². The molecule has 2 heterocycles. The van der Waals surface area contributed by atoms with Crippen molar-refractivity contribution in [3.63, 3.8) is 0 Å². The molecule has 3 aromatic rings. The molecular formula is C29H33NO7S. The summed E-state index contributed by atoms with van der Waals surface area (Å²) in [6, 6.07) is 28.6. The van der Waals surface area contributed by atoms with Crippen LogP contribution in [0.5, 0.6) is 0 Å². The molecule has 0 radical (unpaired) electrons. The average Bonchev–Trinajstić information content (AvgIpc) is 3.31. The van der Waals surface area contributed by atoms with Crippen LogP contribution in [0.25, 0.3) is 0 Å². The maximum Gasteiger partial charge on any atom is 0.209 e. The number of nitrogens with one attached hydrogen (secondary N) is 1. The SMILES string of the molecule is CS(=O)(=O)N[C@H]1[C@H]2OC[C@](COCc3ccccc3)(O2)[C@H](OCc2ccccc2)[C@@H]1OCc1ccccc1. The molecule has 5 rings (SSSR count). The molecule has 2 saturated heterocycles. The fourth-order valence-electron chi connectivity index (χ4n) is 4.90. The van der Waals surface area contributed by atoms with Crippen LogP contribution in [0.2, 0.25) is 0 Å². The first-order chi connectivity index (χ1) is 18.4. The molecule has 9 heteroatoms. The molecule has 1 N–H and O–H groups in total. The van der Waals surface area contributed by atoms with Crippen molar-refractivity contribution in [2.75, 3.05) is 19.5 Å². The van der Waals surface area contributed by atoms with E-state index in [9.17, 15) is 8.42 Å². The molecule has 202 valence electrons. The van der Waals surface area contributed by atoms with Gasteiger partial charge in [0.25, 0.3) is 0 Å². The van der Waals surface area contributed by atoms with Gasteiger partial charge < -0.3 is 23.7 Å². The van der Waals surface area contributed by atoms with Crippen LogP contribution >= 0.6 is 0 Å². The molecule has 2 aliphatic heterocycles. The lowest BCUT2D eigenvalue weighted by Crippen LogP contribution is -2.67. The van der Waals surface area contributed by atoms with Crippen LogP contribution < -0.4 is 4.72 Å². The van der Waals surface area contributed by atoms with Crippen molar-refractivity contribution in [2.24, 2.45) is 0 Å². The highest BCUT2D eigenvalue weighted by Crippen LogP contribution is 2.41. The van der Waals surface area contributed by atoms with Crippen LogP contribution in [-0.4, -0.2) is 58.0 Å². The third-order valence-corrected chi connectivity index (χ3v) is 7.37. The van der Waals surface area contributed by atoms with Gasteiger partial charge in [-0.1, -0.05) is 91.0 Å². The highest BCUT2D eigenvalue weighted by Gasteiger charge is 2.61. The molecule has 0 amide bonds. The molecule has 38 heavy (non-hydrogen) atoms. The average molecular weight is 540 g/mol. The predicted octanol–water partition coefficient (Wildman–Crippen LogP) is 3.42. The van der Waals surface area contributed by atoms with E-state index in [4.69, 9.17) is 23.7 Å². The Morgan fingerprint density at radius 3 is 1.89 bits per heavy atom. The van der Waals surface area contributed by atoms with E-state index in [1.165, 1.54) is 0 Å². The number of benzene rings is 3. The van der Waals surface area contributed by atoms with Crippen molar-refractivity contribution >= 4 is 10.0 Å². The van der Waals surface area contributed by atoms with Gasteiger partial charge in [0.15, 0.2) is 6.29 Å². The fraction of sp³-hybridized carbons (Fsp3) is 0.379. The van der Waals surface area contributed by atoms with Crippen LogP contribution in [-0.2, 0) is 53.5 Å². The first-order valence-corrected chi connectivity index (χ1v) is 14.5. The number of hydrogen-bond acceptors (Lipinski definition) is 7. The minimum atomic E-state index is -3.60.